The van der Waals surface area contributed by atoms with Crippen LogP contribution in [0.3, 0.4) is 0 Å². The molecule has 0 unspecified atom stereocenters. The Kier molecular flexibility index (Phi) is 21.9. The third kappa shape index (κ3) is 14.5. The standard InChI is InChI=1S/C52H83NO13/c1-31-17-13-12-14-18-32(2)43(62-9)29-39-22-20-37(7)52(60,66-39)49(57)50(58)53-24-16-15-19-40(53)51(59)65-44(34(4)26-36(6)47(56)48(64-11)46(55)35(5)25-31)30-41(54)33(3)27-38-21-23-42(61-8)45(28-38)63-10/h12-14,17-18,26,31,33-35,37-45,47-48,54,56,60H,15-16,19-25,27-30H2,1-11H3/b14-12+,17-13+,32-18+,36-26+/t31-,33-,34-,35-,37-,38+,39+,40+,41+,42-,43+,44-,45-,47-,48+,52-/m1/s1. The van der Waals surface area contributed by atoms with Gasteiger partial charge in [-0.3, -0.25) is 14.4 Å². The van der Waals surface area contributed by atoms with Crippen molar-refractivity contribution in [3.05, 3.63) is 47.6 Å². The van der Waals surface area contributed by atoms with E-state index in [0.29, 0.717) is 50.5 Å². The maximum Gasteiger partial charge on any atom is 0.329 e. The van der Waals surface area contributed by atoms with Crippen LogP contribution in [0.5, 0.6) is 0 Å². The zero-order valence-electron chi connectivity index (χ0n) is 41.7. The monoisotopic (exact) mass is 930 g/mol. The van der Waals surface area contributed by atoms with Crippen molar-refractivity contribution in [2.75, 3.05) is 35.0 Å². The second kappa shape index (κ2) is 26.1. The first kappa shape index (κ1) is 55.5. The van der Waals surface area contributed by atoms with Crippen LogP contribution in [-0.4, -0.2) is 139 Å². The van der Waals surface area contributed by atoms with Crippen LogP contribution in [0.25, 0.3) is 0 Å². The van der Waals surface area contributed by atoms with Gasteiger partial charge in [-0.15, -0.1) is 0 Å². The number of hydrogen-bond acceptors (Lipinski definition) is 13. The number of carbonyl (C=O) groups is 4. The number of methoxy groups -OCH3 is 4. The molecule has 0 aromatic heterocycles. The number of piperidine rings is 1. The topological polar surface area (TPSA) is 188 Å². The van der Waals surface area contributed by atoms with Crippen LogP contribution in [0.15, 0.2) is 47.6 Å². The van der Waals surface area contributed by atoms with E-state index in [0.717, 1.165) is 24.8 Å². The zero-order valence-corrected chi connectivity index (χ0v) is 41.7. The maximum atomic E-state index is 14.5. The van der Waals surface area contributed by atoms with Gasteiger partial charge in [0.05, 0.1) is 30.5 Å². The Labute approximate surface area is 394 Å². The molecule has 0 spiro atoms. The fraction of sp³-hybridized carbons (Fsp3) is 0.769. The van der Waals surface area contributed by atoms with Gasteiger partial charge in [-0.2, -0.15) is 0 Å². The molecule has 1 saturated carbocycles. The van der Waals surface area contributed by atoms with Crippen molar-refractivity contribution in [2.45, 2.75) is 186 Å². The van der Waals surface area contributed by atoms with Gasteiger partial charge in [0.15, 0.2) is 5.78 Å². The lowest BCUT2D eigenvalue weighted by Crippen LogP contribution is -2.61. The van der Waals surface area contributed by atoms with Gasteiger partial charge < -0.3 is 48.6 Å². The molecule has 0 aromatic carbocycles. The third-order valence-corrected chi connectivity index (χ3v) is 14.9. The number of ether oxygens (including phenoxy) is 6. The first-order chi connectivity index (χ1) is 31.3. The SMILES string of the molecule is CO[C@H]1C[C@@H]2CC[C@@H](C)[C@@](O)(O2)C(=O)C(=O)N2CCCC[C@H]2C(=O)O[C@H](C[C@H](O)[C@H](C)C[C@@H]2CC[C@@H](OC)[C@H](OC)C2)[C@H](C)/C=C(\C)[C@@H](O)[C@@H](OC)C(=O)[C@H](C)C[C@H](C)/C=C/C=C/C=C/1C. The van der Waals surface area contributed by atoms with Crippen molar-refractivity contribution in [1.29, 1.82) is 0 Å². The molecule has 66 heavy (non-hydrogen) atoms. The van der Waals surface area contributed by atoms with Gasteiger partial charge in [0.25, 0.3) is 11.7 Å². The Hall–Kier alpha value is -3.08. The highest BCUT2D eigenvalue weighted by molar-refractivity contribution is 6.39. The lowest BCUT2D eigenvalue weighted by atomic mass is 9.78. The van der Waals surface area contributed by atoms with Crippen LogP contribution in [0.1, 0.15) is 126 Å². The van der Waals surface area contributed by atoms with Crippen LogP contribution < -0.4 is 0 Å². The van der Waals surface area contributed by atoms with E-state index in [-0.39, 0.29) is 55.1 Å². The van der Waals surface area contributed by atoms with Crippen LogP contribution in [0.4, 0.5) is 0 Å². The van der Waals surface area contributed by atoms with E-state index < -0.39 is 83.9 Å². The Morgan fingerprint density at radius 2 is 1.53 bits per heavy atom. The summed E-state index contributed by atoms with van der Waals surface area (Å²) in [5.74, 6) is -7.13. The minimum absolute atomic E-state index is 0.0144. The number of nitrogens with zero attached hydrogens (tertiary/aromatic N) is 1. The number of ketones is 2. The number of amides is 1. The molecule has 16 atom stereocenters. The van der Waals surface area contributed by atoms with E-state index in [2.05, 4.69) is 0 Å². The molecule has 0 aromatic rings. The zero-order chi connectivity index (χ0) is 48.9. The average molecular weight is 930 g/mol. The minimum atomic E-state index is -2.42. The number of aliphatic hydroxyl groups is 3. The normalized spacial score (nSPS) is 40.1. The largest absolute Gasteiger partial charge is 0.460 e. The molecule has 2 bridgehead atoms. The van der Waals surface area contributed by atoms with Crippen LogP contribution in [0, 0.1) is 35.5 Å². The van der Waals surface area contributed by atoms with Crippen molar-refractivity contribution < 1.29 is 62.9 Å². The molecule has 3 N–H and O–H groups in total. The van der Waals surface area contributed by atoms with Gasteiger partial charge in [-0.1, -0.05) is 71.1 Å². The van der Waals surface area contributed by atoms with E-state index >= 15 is 0 Å². The molecule has 2 saturated heterocycles. The number of allylic oxidation sites excluding steroid dienone is 5. The average Bonchev–Trinajstić information content (AvgIpc) is 3.30. The highest BCUT2D eigenvalue weighted by Crippen LogP contribution is 2.38. The molecular formula is C52H83NO13. The van der Waals surface area contributed by atoms with Crippen molar-refractivity contribution in [1.82, 2.24) is 4.90 Å². The van der Waals surface area contributed by atoms with Crippen LogP contribution in [0.2, 0.25) is 0 Å². The molecule has 3 aliphatic heterocycles. The first-order valence-electron chi connectivity index (χ1n) is 24.5. The molecule has 4 rings (SSSR count). The molecular weight excluding hydrogens is 847 g/mol. The fourth-order valence-electron chi connectivity index (χ4n) is 10.5. The van der Waals surface area contributed by atoms with Crippen LogP contribution in [-0.2, 0) is 47.6 Å². The number of rotatable bonds is 9. The molecule has 374 valence electrons. The number of cyclic esters (lactones) is 1. The van der Waals surface area contributed by atoms with Gasteiger partial charge >= 0.3 is 5.97 Å². The Morgan fingerprint density at radius 3 is 2.20 bits per heavy atom. The molecule has 3 heterocycles. The molecule has 1 aliphatic carbocycles. The molecule has 0 radical (unpaired) electrons. The number of fused-ring (bicyclic) bond motifs is 3. The number of carbonyl (C=O) groups excluding carboxylic acids is 4. The summed E-state index contributed by atoms with van der Waals surface area (Å²) in [5, 5.41) is 35.4. The Bertz CT molecular complexity index is 1730. The molecule has 14 heteroatoms. The van der Waals surface area contributed by atoms with E-state index in [1.54, 1.807) is 41.3 Å². The molecule has 1 amide bonds. The number of esters is 1. The summed E-state index contributed by atoms with van der Waals surface area (Å²) in [6.45, 7) is 13.0. The summed E-state index contributed by atoms with van der Waals surface area (Å²) in [5.41, 5.74) is 1.32. The quantitative estimate of drug-likeness (QED) is 0.127. The lowest BCUT2D eigenvalue weighted by molar-refractivity contribution is -0.265. The van der Waals surface area contributed by atoms with Gasteiger partial charge in [0, 0.05) is 65.6 Å². The number of aliphatic hydroxyl groups excluding tert-OH is 2. The lowest BCUT2D eigenvalue weighted by Gasteiger charge is -2.42. The highest BCUT2D eigenvalue weighted by atomic mass is 16.6. The summed E-state index contributed by atoms with van der Waals surface area (Å²) in [6.07, 6.45) is 12.5. The van der Waals surface area contributed by atoms with E-state index in [9.17, 15) is 34.5 Å². The Morgan fingerprint density at radius 1 is 0.818 bits per heavy atom. The van der Waals surface area contributed by atoms with Gasteiger partial charge in [-0.25, -0.2) is 4.79 Å². The maximum absolute atomic E-state index is 14.5. The second-order valence-electron chi connectivity index (χ2n) is 20.0. The van der Waals surface area contributed by atoms with Crippen LogP contribution >= 0.6 is 0 Å². The summed E-state index contributed by atoms with van der Waals surface area (Å²) < 4.78 is 35.3. The predicted octanol–water partition coefficient (Wildman–Crippen LogP) is 6.63. The summed E-state index contributed by atoms with van der Waals surface area (Å²) in [7, 11) is 6.36. The molecule has 14 nitrogen and oxygen atoms in total. The van der Waals surface area contributed by atoms with Crippen molar-refractivity contribution in [3.63, 3.8) is 0 Å². The highest BCUT2D eigenvalue weighted by Gasteiger charge is 2.53. The number of Topliss-reactive ketones (excluding diaryl/α,β-unsaturated/α-hetero) is 2. The fourth-order valence-corrected chi connectivity index (χ4v) is 10.5. The number of hydrogen-bond donors (Lipinski definition) is 3. The predicted molar refractivity (Wildman–Crippen MR) is 251 cm³/mol. The smallest absolute Gasteiger partial charge is 0.329 e. The van der Waals surface area contributed by atoms with E-state index in [4.69, 9.17) is 28.4 Å². The third-order valence-electron chi connectivity index (χ3n) is 14.9. The van der Waals surface area contributed by atoms with Gasteiger partial charge in [0.1, 0.15) is 24.4 Å². The summed E-state index contributed by atoms with van der Waals surface area (Å²) in [4.78, 5) is 58.0. The molecule has 3 fully saturated rings. The summed E-state index contributed by atoms with van der Waals surface area (Å²) in [6, 6.07) is -1.13. The minimum Gasteiger partial charge on any atom is -0.460 e. The first-order valence-corrected chi connectivity index (χ1v) is 24.5. The van der Waals surface area contributed by atoms with Gasteiger partial charge in [-0.05, 0) is 107 Å². The van der Waals surface area contributed by atoms with Crippen molar-refractivity contribution in [2.24, 2.45) is 35.5 Å². The second-order valence-corrected chi connectivity index (χ2v) is 20.0. The Balaban J connectivity index is 1.70. The summed E-state index contributed by atoms with van der Waals surface area (Å²) >= 11 is 0. The van der Waals surface area contributed by atoms with E-state index in [1.807, 2.05) is 65.0 Å². The van der Waals surface area contributed by atoms with Crippen molar-refractivity contribution >= 4 is 23.4 Å². The van der Waals surface area contributed by atoms with Crippen molar-refractivity contribution in [3.8, 4) is 0 Å². The molecule has 4 aliphatic rings. The van der Waals surface area contributed by atoms with E-state index in [1.165, 1.54) is 12.0 Å². The van der Waals surface area contributed by atoms with Gasteiger partial charge in [0.2, 0.25) is 5.79 Å².